The van der Waals surface area contributed by atoms with Gasteiger partial charge in [-0.3, -0.25) is 9.59 Å². The SMILES string of the molecule is C[C@H]1COc2c(N3CCN(C)CC3)c(F)cc3c(=O)c(C(=O)NCc4cccc(Cl)c4)cn1c23. The van der Waals surface area contributed by atoms with Gasteiger partial charge in [-0.05, 0) is 37.7 Å². The van der Waals surface area contributed by atoms with Crippen LogP contribution in [-0.2, 0) is 6.54 Å². The molecule has 178 valence electrons. The lowest BCUT2D eigenvalue weighted by molar-refractivity contribution is 0.0948. The summed E-state index contributed by atoms with van der Waals surface area (Å²) < 4.78 is 23.3. The Hall–Kier alpha value is -3.10. The fourth-order valence-electron chi connectivity index (χ4n) is 4.62. The van der Waals surface area contributed by atoms with Crippen molar-refractivity contribution in [1.29, 1.82) is 0 Å². The highest BCUT2D eigenvalue weighted by molar-refractivity contribution is 6.30. The van der Waals surface area contributed by atoms with E-state index in [-0.39, 0.29) is 23.5 Å². The number of hydrogen-bond donors (Lipinski definition) is 1. The van der Waals surface area contributed by atoms with Crippen LogP contribution >= 0.6 is 11.6 Å². The van der Waals surface area contributed by atoms with E-state index in [9.17, 15) is 9.59 Å². The summed E-state index contributed by atoms with van der Waals surface area (Å²) in [5.41, 5.74) is 1.19. The number of aromatic nitrogens is 1. The summed E-state index contributed by atoms with van der Waals surface area (Å²) in [7, 11) is 2.03. The number of ether oxygens (including phenoxy) is 1. The summed E-state index contributed by atoms with van der Waals surface area (Å²) in [6.07, 6.45) is 1.57. The standard InChI is InChI=1S/C25H26ClFN4O3/c1-15-14-34-24-21-18(11-20(27)22(24)30-8-6-29(2)7-9-30)23(32)19(13-31(15)21)25(33)28-12-16-4-3-5-17(26)10-16/h3-5,10-11,13,15H,6-9,12,14H2,1-2H3,(H,28,33)/t15-/m0/s1. The Bertz CT molecular complexity index is 1330. The van der Waals surface area contributed by atoms with Gasteiger partial charge >= 0.3 is 0 Å². The number of benzene rings is 2. The number of anilines is 1. The molecular formula is C25H26ClFN4O3. The van der Waals surface area contributed by atoms with E-state index in [2.05, 4.69) is 10.2 Å². The molecule has 3 heterocycles. The molecule has 1 N–H and O–H groups in total. The molecule has 2 aliphatic rings. The van der Waals surface area contributed by atoms with Crippen LogP contribution in [0.5, 0.6) is 5.75 Å². The molecule has 3 aromatic rings. The van der Waals surface area contributed by atoms with Gasteiger partial charge in [-0.2, -0.15) is 0 Å². The largest absolute Gasteiger partial charge is 0.487 e. The molecule has 0 saturated carbocycles. The highest BCUT2D eigenvalue weighted by atomic mass is 35.5. The Balaban J connectivity index is 1.56. The second-order valence-electron chi connectivity index (χ2n) is 8.97. The Morgan fingerprint density at radius 2 is 2.00 bits per heavy atom. The van der Waals surface area contributed by atoms with E-state index in [1.54, 1.807) is 24.4 Å². The summed E-state index contributed by atoms with van der Waals surface area (Å²) >= 11 is 6.02. The number of carbonyl (C=O) groups is 1. The van der Waals surface area contributed by atoms with E-state index in [0.717, 1.165) is 18.7 Å². The van der Waals surface area contributed by atoms with Gasteiger partial charge in [-0.15, -0.1) is 0 Å². The van der Waals surface area contributed by atoms with Gasteiger partial charge in [-0.25, -0.2) is 4.39 Å². The van der Waals surface area contributed by atoms with Crippen molar-refractivity contribution in [3.05, 3.63) is 68.7 Å². The third-order valence-corrected chi connectivity index (χ3v) is 6.78. The number of halogens is 2. The molecule has 0 aliphatic carbocycles. The lowest BCUT2D eigenvalue weighted by Crippen LogP contribution is -2.45. The third kappa shape index (κ3) is 4.01. The highest BCUT2D eigenvalue weighted by Crippen LogP contribution is 2.42. The minimum Gasteiger partial charge on any atom is -0.487 e. The van der Waals surface area contributed by atoms with Crippen LogP contribution in [0.2, 0.25) is 5.02 Å². The molecule has 0 spiro atoms. The Kier molecular flexibility index (Phi) is 5.95. The monoisotopic (exact) mass is 484 g/mol. The Morgan fingerprint density at radius 1 is 1.24 bits per heavy atom. The lowest BCUT2D eigenvalue weighted by Gasteiger charge is -2.37. The van der Waals surface area contributed by atoms with Gasteiger partial charge in [0.1, 0.15) is 17.9 Å². The highest BCUT2D eigenvalue weighted by Gasteiger charge is 2.31. The molecule has 7 nitrogen and oxygen atoms in total. The molecule has 5 rings (SSSR count). The maximum atomic E-state index is 15.4. The number of amides is 1. The fraction of sp³-hybridized carbons (Fsp3) is 0.360. The minimum absolute atomic E-state index is 0.0269. The summed E-state index contributed by atoms with van der Waals surface area (Å²) in [5.74, 6) is -0.651. The van der Waals surface area contributed by atoms with E-state index >= 15 is 4.39 Å². The molecule has 1 fully saturated rings. The first-order valence-corrected chi connectivity index (χ1v) is 11.7. The number of carbonyl (C=O) groups excluding carboxylic acids is 1. The van der Waals surface area contributed by atoms with Crippen LogP contribution in [0.3, 0.4) is 0 Å². The second-order valence-corrected chi connectivity index (χ2v) is 9.41. The Morgan fingerprint density at radius 3 is 2.74 bits per heavy atom. The topological polar surface area (TPSA) is 66.8 Å². The number of nitrogens with zero attached hydrogens (tertiary/aromatic N) is 3. The van der Waals surface area contributed by atoms with Crippen LogP contribution in [0.15, 0.2) is 41.3 Å². The van der Waals surface area contributed by atoms with Crippen molar-refractivity contribution < 1.29 is 13.9 Å². The maximum absolute atomic E-state index is 15.4. The first-order valence-electron chi connectivity index (χ1n) is 11.3. The van der Waals surface area contributed by atoms with Crippen molar-refractivity contribution in [2.45, 2.75) is 19.5 Å². The van der Waals surface area contributed by atoms with Crippen LogP contribution < -0.4 is 20.4 Å². The summed E-state index contributed by atoms with van der Waals surface area (Å²) in [5, 5.41) is 3.49. The van der Waals surface area contributed by atoms with Gasteiger partial charge in [0.25, 0.3) is 5.91 Å². The van der Waals surface area contributed by atoms with Crippen LogP contribution in [0.1, 0.15) is 28.9 Å². The van der Waals surface area contributed by atoms with Crippen LogP contribution in [0.4, 0.5) is 10.1 Å². The smallest absolute Gasteiger partial charge is 0.257 e. The molecule has 2 aromatic carbocycles. The third-order valence-electron chi connectivity index (χ3n) is 6.55. The van der Waals surface area contributed by atoms with E-state index < -0.39 is 17.2 Å². The van der Waals surface area contributed by atoms with Gasteiger partial charge in [0, 0.05) is 43.9 Å². The molecule has 1 aromatic heterocycles. The summed E-state index contributed by atoms with van der Waals surface area (Å²) in [6, 6.07) is 8.26. The molecule has 0 unspecified atom stereocenters. The van der Waals surface area contributed by atoms with E-state index in [0.29, 0.717) is 41.7 Å². The van der Waals surface area contributed by atoms with Crippen molar-refractivity contribution in [1.82, 2.24) is 14.8 Å². The number of piperazine rings is 1. The van der Waals surface area contributed by atoms with Crippen molar-refractivity contribution in [3.63, 3.8) is 0 Å². The van der Waals surface area contributed by atoms with Crippen LogP contribution in [-0.4, -0.2) is 55.2 Å². The normalized spacial score (nSPS) is 18.1. The predicted octanol–water partition coefficient (Wildman–Crippen LogP) is 3.43. The van der Waals surface area contributed by atoms with Crippen molar-refractivity contribution in [3.8, 4) is 5.75 Å². The number of nitrogens with one attached hydrogen (secondary N) is 1. The lowest BCUT2D eigenvalue weighted by atomic mass is 10.0. The quantitative estimate of drug-likeness (QED) is 0.614. The zero-order valence-electron chi connectivity index (χ0n) is 19.1. The Labute approximate surface area is 201 Å². The molecular weight excluding hydrogens is 459 g/mol. The predicted molar refractivity (Wildman–Crippen MR) is 131 cm³/mol. The van der Waals surface area contributed by atoms with Crippen molar-refractivity contribution in [2.75, 3.05) is 44.7 Å². The molecule has 34 heavy (non-hydrogen) atoms. The molecule has 1 saturated heterocycles. The van der Waals surface area contributed by atoms with Gasteiger partial charge in [0.15, 0.2) is 11.6 Å². The minimum atomic E-state index is -0.516. The number of likely N-dealkylation sites (N-methyl/N-ethyl adjacent to an activating group) is 1. The zero-order valence-corrected chi connectivity index (χ0v) is 19.9. The first-order chi connectivity index (χ1) is 16.3. The number of hydrogen-bond acceptors (Lipinski definition) is 5. The van der Waals surface area contributed by atoms with Gasteiger partial charge in [-0.1, -0.05) is 23.7 Å². The average Bonchev–Trinajstić information content (AvgIpc) is 2.82. The van der Waals surface area contributed by atoms with Crippen LogP contribution in [0.25, 0.3) is 10.9 Å². The van der Waals surface area contributed by atoms with E-state index in [4.69, 9.17) is 16.3 Å². The average molecular weight is 485 g/mol. The van der Waals surface area contributed by atoms with Gasteiger partial charge in [0.2, 0.25) is 5.43 Å². The maximum Gasteiger partial charge on any atom is 0.257 e. The van der Waals surface area contributed by atoms with E-state index in [1.807, 2.05) is 29.5 Å². The fourth-order valence-corrected chi connectivity index (χ4v) is 4.84. The van der Waals surface area contributed by atoms with E-state index in [1.165, 1.54) is 6.07 Å². The molecule has 1 atom stereocenters. The zero-order chi connectivity index (χ0) is 24.0. The number of pyridine rings is 1. The van der Waals surface area contributed by atoms with Gasteiger partial charge in [0.05, 0.1) is 16.9 Å². The molecule has 2 aliphatic heterocycles. The number of rotatable bonds is 4. The molecule has 1 amide bonds. The van der Waals surface area contributed by atoms with Crippen molar-refractivity contribution in [2.24, 2.45) is 0 Å². The molecule has 9 heteroatoms. The van der Waals surface area contributed by atoms with Gasteiger partial charge < -0.3 is 24.4 Å². The first kappa shape index (κ1) is 22.7. The van der Waals surface area contributed by atoms with Crippen molar-refractivity contribution >= 4 is 34.1 Å². The summed E-state index contributed by atoms with van der Waals surface area (Å²) in [4.78, 5) is 30.5. The molecule has 0 radical (unpaired) electrons. The molecule has 0 bridgehead atoms. The second kappa shape index (κ2) is 8.92. The summed E-state index contributed by atoms with van der Waals surface area (Å²) in [6.45, 7) is 5.44. The van der Waals surface area contributed by atoms with Crippen LogP contribution in [0, 0.1) is 5.82 Å².